The lowest BCUT2D eigenvalue weighted by Crippen LogP contribution is -2.40. The van der Waals surface area contributed by atoms with Crippen LogP contribution in [0.25, 0.3) is 0 Å². The fraction of sp³-hybridized carbons (Fsp3) is 0.462. The summed E-state index contributed by atoms with van der Waals surface area (Å²) in [7, 11) is 2.99. The van der Waals surface area contributed by atoms with E-state index in [1.54, 1.807) is 11.3 Å². The van der Waals surface area contributed by atoms with Gasteiger partial charge >= 0.3 is 5.69 Å². The average molecular weight is 294 g/mol. The molecule has 2 heterocycles. The van der Waals surface area contributed by atoms with Crippen molar-refractivity contribution in [1.29, 1.82) is 0 Å². The molecule has 2 aromatic rings. The quantitative estimate of drug-likeness (QED) is 0.907. The van der Waals surface area contributed by atoms with Gasteiger partial charge in [0.25, 0.3) is 5.56 Å². The van der Waals surface area contributed by atoms with E-state index in [4.69, 9.17) is 0 Å². The Morgan fingerprint density at radius 1 is 1.40 bits per heavy atom. The van der Waals surface area contributed by atoms with E-state index in [1.165, 1.54) is 18.8 Å². The Morgan fingerprint density at radius 3 is 2.75 bits per heavy atom. The molecule has 108 valence electrons. The molecule has 0 amide bonds. The van der Waals surface area contributed by atoms with Gasteiger partial charge in [0.2, 0.25) is 5.82 Å². The molecule has 0 saturated heterocycles. The maximum Gasteiger partial charge on any atom is 0.346 e. The molecule has 0 radical (unpaired) electrons. The van der Waals surface area contributed by atoms with Crippen molar-refractivity contribution < 1.29 is 0 Å². The highest BCUT2D eigenvalue weighted by Gasteiger charge is 2.16. The van der Waals surface area contributed by atoms with Gasteiger partial charge in [-0.15, -0.1) is 16.4 Å². The van der Waals surface area contributed by atoms with Crippen molar-refractivity contribution in [3.63, 3.8) is 0 Å². The number of hydrogen-bond acceptors (Lipinski definition) is 5. The van der Waals surface area contributed by atoms with E-state index in [0.29, 0.717) is 0 Å². The Labute approximate surface area is 120 Å². The highest BCUT2D eigenvalue weighted by Crippen LogP contribution is 2.25. The third-order valence-electron chi connectivity index (χ3n) is 3.10. The zero-order valence-electron chi connectivity index (χ0n) is 11.8. The molecule has 7 heteroatoms. The van der Waals surface area contributed by atoms with Crippen molar-refractivity contribution >= 4 is 17.2 Å². The second-order valence-corrected chi connectivity index (χ2v) is 5.60. The third kappa shape index (κ3) is 2.82. The van der Waals surface area contributed by atoms with Crippen LogP contribution < -0.4 is 16.6 Å². The number of hydrogen-bond donors (Lipinski definition) is 1. The molecule has 6 nitrogen and oxygen atoms in total. The molecule has 0 aromatic carbocycles. The summed E-state index contributed by atoms with van der Waals surface area (Å²) in [5.41, 5.74) is -0.825. The zero-order chi connectivity index (χ0) is 14.7. The normalized spacial score (nSPS) is 12.3. The van der Waals surface area contributed by atoms with Crippen molar-refractivity contribution in [3.8, 4) is 0 Å². The predicted octanol–water partition coefficient (Wildman–Crippen LogP) is 1.49. The minimum atomic E-state index is -0.427. The van der Waals surface area contributed by atoms with Crippen molar-refractivity contribution in [2.24, 2.45) is 14.1 Å². The molecule has 0 aliphatic heterocycles. The fourth-order valence-electron chi connectivity index (χ4n) is 2.02. The van der Waals surface area contributed by atoms with Crippen molar-refractivity contribution in [3.05, 3.63) is 43.2 Å². The number of aryl methyl sites for hydroxylation is 1. The topological polar surface area (TPSA) is 68.9 Å². The molecule has 0 fully saturated rings. The van der Waals surface area contributed by atoms with E-state index in [1.807, 2.05) is 17.5 Å². The first kappa shape index (κ1) is 14.5. The molecule has 0 aliphatic carbocycles. The summed E-state index contributed by atoms with van der Waals surface area (Å²) in [6.45, 7) is 2.09. The smallest absolute Gasteiger partial charge is 0.346 e. The molecule has 20 heavy (non-hydrogen) atoms. The molecule has 0 aliphatic rings. The summed E-state index contributed by atoms with van der Waals surface area (Å²) in [6.07, 6.45) is 1.88. The number of nitrogens with zero attached hydrogens (tertiary/aromatic N) is 3. The molecule has 1 N–H and O–H groups in total. The molecule has 0 bridgehead atoms. The summed E-state index contributed by atoms with van der Waals surface area (Å²) in [5.74, 6) is 0.210. The summed E-state index contributed by atoms with van der Waals surface area (Å²) >= 11 is 1.64. The average Bonchev–Trinajstić information content (AvgIpc) is 2.95. The zero-order valence-corrected chi connectivity index (χ0v) is 12.6. The Morgan fingerprint density at radius 2 is 2.15 bits per heavy atom. The maximum atomic E-state index is 12.1. The van der Waals surface area contributed by atoms with Gasteiger partial charge in [-0.1, -0.05) is 19.4 Å². The van der Waals surface area contributed by atoms with E-state index >= 15 is 0 Å². The van der Waals surface area contributed by atoms with Crippen molar-refractivity contribution in [1.82, 2.24) is 14.3 Å². The second kappa shape index (κ2) is 6.04. The summed E-state index contributed by atoms with van der Waals surface area (Å²) in [5, 5.41) is 9.20. The van der Waals surface area contributed by atoms with E-state index in [0.717, 1.165) is 22.3 Å². The van der Waals surface area contributed by atoms with E-state index in [2.05, 4.69) is 17.3 Å². The first-order valence-corrected chi connectivity index (χ1v) is 7.36. The fourth-order valence-corrected chi connectivity index (χ4v) is 2.83. The van der Waals surface area contributed by atoms with Crippen LogP contribution in [0.3, 0.4) is 0 Å². The summed E-state index contributed by atoms with van der Waals surface area (Å²) in [6, 6.07) is 4.05. The number of rotatable bonds is 5. The molecule has 0 spiro atoms. The highest BCUT2D eigenvalue weighted by molar-refractivity contribution is 7.10. The van der Waals surface area contributed by atoms with Gasteiger partial charge in [0.05, 0.1) is 6.04 Å². The number of anilines is 1. The number of nitrogens with one attached hydrogen (secondary N) is 1. The van der Waals surface area contributed by atoms with Crippen molar-refractivity contribution in [2.45, 2.75) is 25.8 Å². The minimum Gasteiger partial charge on any atom is -0.356 e. The Balaban J connectivity index is 2.37. The molecular weight excluding hydrogens is 276 g/mol. The molecule has 1 unspecified atom stereocenters. The Hall–Kier alpha value is -1.89. The predicted molar refractivity (Wildman–Crippen MR) is 80.3 cm³/mol. The van der Waals surface area contributed by atoms with E-state index < -0.39 is 11.2 Å². The van der Waals surface area contributed by atoms with Crippen LogP contribution in [-0.4, -0.2) is 14.3 Å². The maximum absolute atomic E-state index is 12.1. The van der Waals surface area contributed by atoms with Gasteiger partial charge in [0.1, 0.15) is 0 Å². The molecule has 0 saturated carbocycles. The number of aromatic nitrogens is 3. The van der Waals surface area contributed by atoms with Crippen LogP contribution >= 0.6 is 11.3 Å². The van der Waals surface area contributed by atoms with Crippen LogP contribution in [0.2, 0.25) is 0 Å². The first-order chi connectivity index (χ1) is 9.54. The van der Waals surface area contributed by atoms with E-state index in [-0.39, 0.29) is 11.9 Å². The summed E-state index contributed by atoms with van der Waals surface area (Å²) < 4.78 is 2.23. The summed E-state index contributed by atoms with van der Waals surface area (Å²) in [4.78, 5) is 24.9. The van der Waals surface area contributed by atoms with Crippen molar-refractivity contribution in [2.75, 3.05) is 5.32 Å². The van der Waals surface area contributed by atoms with Gasteiger partial charge in [0, 0.05) is 19.0 Å². The minimum absolute atomic E-state index is 0.0395. The second-order valence-electron chi connectivity index (χ2n) is 4.62. The molecule has 2 rings (SSSR count). The third-order valence-corrected chi connectivity index (χ3v) is 4.08. The van der Waals surface area contributed by atoms with Crippen LogP contribution in [0.4, 0.5) is 5.82 Å². The van der Waals surface area contributed by atoms with Gasteiger partial charge in [0.15, 0.2) is 0 Å². The van der Waals surface area contributed by atoms with Gasteiger partial charge in [-0.3, -0.25) is 9.36 Å². The van der Waals surface area contributed by atoms with E-state index in [9.17, 15) is 9.59 Å². The number of thiophene rings is 1. The molecular formula is C13H18N4O2S. The Bertz CT molecular complexity index is 687. The molecule has 2 aromatic heterocycles. The van der Waals surface area contributed by atoms with Crippen LogP contribution in [0.1, 0.15) is 30.7 Å². The highest BCUT2D eigenvalue weighted by atomic mass is 32.1. The van der Waals surface area contributed by atoms with Gasteiger partial charge in [-0.25, -0.2) is 9.48 Å². The largest absolute Gasteiger partial charge is 0.356 e. The first-order valence-electron chi connectivity index (χ1n) is 6.48. The lowest BCUT2D eigenvalue weighted by Gasteiger charge is -2.17. The van der Waals surface area contributed by atoms with Crippen LogP contribution in [-0.2, 0) is 14.1 Å². The SMILES string of the molecule is CCCC(Nc1nn(C)c(=O)n(C)c1=O)c1cccs1. The van der Waals surface area contributed by atoms with Crippen LogP contribution in [0.15, 0.2) is 27.1 Å². The monoisotopic (exact) mass is 294 g/mol. The van der Waals surface area contributed by atoms with Crippen LogP contribution in [0.5, 0.6) is 0 Å². The standard InChI is InChI=1S/C13H18N4O2S/c1-4-6-9(10-7-5-8-20-10)14-11-12(18)16(2)13(19)17(3)15-11/h5,7-9H,4,6H2,1-3H3,(H,14,15). The lowest BCUT2D eigenvalue weighted by atomic mass is 10.1. The Kier molecular flexibility index (Phi) is 4.39. The van der Waals surface area contributed by atoms with Gasteiger partial charge in [-0.05, 0) is 17.9 Å². The van der Waals surface area contributed by atoms with Gasteiger partial charge < -0.3 is 5.32 Å². The lowest BCUT2D eigenvalue weighted by molar-refractivity contribution is 0.593. The van der Waals surface area contributed by atoms with Gasteiger partial charge in [-0.2, -0.15) is 0 Å². The molecule has 1 atom stereocenters. The van der Waals surface area contributed by atoms with Crippen LogP contribution in [0, 0.1) is 0 Å².